The lowest BCUT2D eigenvalue weighted by Gasteiger charge is -2.04. The molecule has 18 heavy (non-hydrogen) atoms. The Morgan fingerprint density at radius 2 is 1.72 bits per heavy atom. The van der Waals surface area contributed by atoms with E-state index in [1.54, 1.807) is 12.1 Å². The Labute approximate surface area is 102 Å². The summed E-state index contributed by atoms with van der Waals surface area (Å²) in [5.41, 5.74) is 6.94. The van der Waals surface area contributed by atoms with Gasteiger partial charge in [-0.15, -0.1) is 0 Å². The van der Waals surface area contributed by atoms with Crippen molar-refractivity contribution in [2.24, 2.45) is 0 Å². The lowest BCUT2D eigenvalue weighted by molar-refractivity contribution is 0.585. The molecular weight excluding hydrogens is 231 g/mol. The Morgan fingerprint density at radius 1 is 0.889 bits per heavy atom. The molecule has 0 saturated carbocycles. The molecule has 4 nitrogen and oxygen atoms in total. The number of nitrogen functional groups attached to an aromatic ring is 1. The van der Waals surface area contributed by atoms with Gasteiger partial charge in [0, 0.05) is 5.39 Å². The topological polar surface area (TPSA) is 64.7 Å². The van der Waals surface area contributed by atoms with Gasteiger partial charge in [-0.05, 0) is 24.3 Å². The maximum Gasteiger partial charge on any atom is 0.213 e. The van der Waals surface area contributed by atoms with Gasteiger partial charge in [-0.1, -0.05) is 18.2 Å². The molecule has 2 N–H and O–H groups in total. The number of anilines is 1. The zero-order valence-electron chi connectivity index (χ0n) is 9.34. The van der Waals surface area contributed by atoms with Crippen LogP contribution in [-0.2, 0) is 0 Å². The number of hydrogen-bond acceptors (Lipinski definition) is 4. The lowest BCUT2D eigenvalue weighted by Crippen LogP contribution is -1.99. The van der Waals surface area contributed by atoms with Gasteiger partial charge in [-0.25, -0.2) is 15.0 Å². The van der Waals surface area contributed by atoms with Crippen molar-refractivity contribution in [2.45, 2.75) is 0 Å². The fourth-order valence-corrected chi connectivity index (χ4v) is 1.75. The zero-order valence-corrected chi connectivity index (χ0v) is 9.34. The highest BCUT2D eigenvalue weighted by Crippen LogP contribution is 2.21. The first-order valence-electron chi connectivity index (χ1n) is 5.39. The van der Waals surface area contributed by atoms with Crippen LogP contribution in [0.2, 0.25) is 0 Å². The van der Waals surface area contributed by atoms with Crippen molar-refractivity contribution < 1.29 is 4.39 Å². The van der Waals surface area contributed by atoms with Crippen molar-refractivity contribution >= 4 is 16.7 Å². The molecule has 0 radical (unpaired) electrons. The Bertz CT molecular complexity index is 727. The van der Waals surface area contributed by atoms with Gasteiger partial charge in [-0.3, -0.25) is 0 Å². The van der Waals surface area contributed by atoms with E-state index >= 15 is 0 Å². The van der Waals surface area contributed by atoms with E-state index in [0.29, 0.717) is 22.9 Å². The molecule has 88 valence electrons. The summed E-state index contributed by atoms with van der Waals surface area (Å²) in [5.74, 6) is 0.121. The van der Waals surface area contributed by atoms with Crippen molar-refractivity contribution in [2.75, 3.05) is 5.73 Å². The second-order valence-corrected chi connectivity index (χ2v) is 3.80. The van der Waals surface area contributed by atoms with Crippen LogP contribution in [0.25, 0.3) is 22.4 Å². The molecular formula is C13H9FN4. The van der Waals surface area contributed by atoms with Crippen LogP contribution in [0.5, 0.6) is 0 Å². The SMILES string of the molecule is Nc1nc(-c2cccc(F)n2)nc2ccccc12. The van der Waals surface area contributed by atoms with Crippen LogP contribution < -0.4 is 5.73 Å². The van der Waals surface area contributed by atoms with Crippen LogP contribution in [0.4, 0.5) is 10.2 Å². The highest BCUT2D eigenvalue weighted by atomic mass is 19.1. The molecule has 0 aliphatic carbocycles. The van der Waals surface area contributed by atoms with Crippen molar-refractivity contribution in [3.63, 3.8) is 0 Å². The molecule has 3 aromatic rings. The second-order valence-electron chi connectivity index (χ2n) is 3.80. The summed E-state index contributed by atoms with van der Waals surface area (Å²) in [7, 11) is 0. The first kappa shape index (κ1) is 10.6. The molecule has 0 atom stereocenters. The van der Waals surface area contributed by atoms with Crippen LogP contribution in [-0.4, -0.2) is 15.0 Å². The molecule has 0 unspecified atom stereocenters. The summed E-state index contributed by atoms with van der Waals surface area (Å²) in [6, 6.07) is 11.9. The average molecular weight is 240 g/mol. The first-order chi connectivity index (χ1) is 8.74. The third-order valence-electron chi connectivity index (χ3n) is 2.58. The Balaban J connectivity index is 2.24. The Morgan fingerprint density at radius 3 is 2.56 bits per heavy atom. The maximum atomic E-state index is 13.1. The number of nitrogens with zero attached hydrogens (tertiary/aromatic N) is 3. The quantitative estimate of drug-likeness (QED) is 0.663. The standard InChI is InChI=1S/C13H9FN4/c14-11-7-3-6-10(16-11)13-17-9-5-2-1-4-8(9)12(15)18-13/h1-7H,(H2,15,17,18). The van der Waals surface area contributed by atoms with Gasteiger partial charge in [0.15, 0.2) is 5.82 Å². The third kappa shape index (κ3) is 1.75. The fourth-order valence-electron chi connectivity index (χ4n) is 1.75. The normalized spacial score (nSPS) is 10.7. The van der Waals surface area contributed by atoms with Crippen LogP contribution in [0.15, 0.2) is 42.5 Å². The van der Waals surface area contributed by atoms with E-state index in [4.69, 9.17) is 5.73 Å². The number of hydrogen-bond donors (Lipinski definition) is 1. The van der Waals surface area contributed by atoms with Gasteiger partial charge in [0.25, 0.3) is 0 Å². The van der Waals surface area contributed by atoms with Crippen LogP contribution in [0.1, 0.15) is 0 Å². The minimum Gasteiger partial charge on any atom is -0.383 e. The molecule has 0 amide bonds. The summed E-state index contributed by atoms with van der Waals surface area (Å²) in [6.45, 7) is 0. The molecule has 0 fully saturated rings. The van der Waals surface area contributed by atoms with Gasteiger partial charge in [-0.2, -0.15) is 4.39 Å². The predicted octanol–water partition coefficient (Wildman–Crippen LogP) is 2.41. The number of pyridine rings is 1. The van der Waals surface area contributed by atoms with Gasteiger partial charge in [0.1, 0.15) is 11.5 Å². The van der Waals surface area contributed by atoms with E-state index in [2.05, 4.69) is 15.0 Å². The number of rotatable bonds is 1. The molecule has 2 heterocycles. The molecule has 1 aromatic carbocycles. The molecule has 0 aliphatic rings. The lowest BCUT2D eigenvalue weighted by atomic mass is 10.2. The number of fused-ring (bicyclic) bond motifs is 1. The van der Waals surface area contributed by atoms with Gasteiger partial charge >= 0.3 is 0 Å². The van der Waals surface area contributed by atoms with Gasteiger partial charge < -0.3 is 5.73 Å². The number of para-hydroxylation sites is 1. The van der Waals surface area contributed by atoms with Crippen LogP contribution in [0.3, 0.4) is 0 Å². The highest BCUT2D eigenvalue weighted by molar-refractivity contribution is 5.89. The minimum absolute atomic E-state index is 0.325. The number of halogens is 1. The van der Waals surface area contributed by atoms with E-state index in [1.807, 2.05) is 24.3 Å². The van der Waals surface area contributed by atoms with Gasteiger partial charge in [0.2, 0.25) is 5.95 Å². The van der Waals surface area contributed by atoms with E-state index in [-0.39, 0.29) is 0 Å². The average Bonchev–Trinajstić information content (AvgIpc) is 2.39. The van der Waals surface area contributed by atoms with E-state index in [0.717, 1.165) is 5.39 Å². The summed E-state index contributed by atoms with van der Waals surface area (Å²) in [4.78, 5) is 12.2. The molecule has 0 bridgehead atoms. The second kappa shape index (κ2) is 4.03. The van der Waals surface area contributed by atoms with Crippen molar-refractivity contribution in [3.05, 3.63) is 48.4 Å². The zero-order chi connectivity index (χ0) is 12.5. The number of benzene rings is 1. The highest BCUT2D eigenvalue weighted by Gasteiger charge is 2.08. The van der Waals surface area contributed by atoms with Crippen molar-refractivity contribution in [1.29, 1.82) is 0 Å². The maximum absolute atomic E-state index is 13.1. The summed E-state index contributed by atoms with van der Waals surface area (Å²) < 4.78 is 13.1. The van der Waals surface area contributed by atoms with E-state index < -0.39 is 5.95 Å². The first-order valence-corrected chi connectivity index (χ1v) is 5.39. The third-order valence-corrected chi connectivity index (χ3v) is 2.58. The Hall–Kier alpha value is -2.56. The molecule has 0 aliphatic heterocycles. The smallest absolute Gasteiger partial charge is 0.213 e. The summed E-state index contributed by atoms with van der Waals surface area (Å²) in [5, 5.41) is 0.776. The molecule has 5 heteroatoms. The van der Waals surface area contributed by atoms with Gasteiger partial charge in [0.05, 0.1) is 5.52 Å². The Kier molecular flexibility index (Phi) is 2.37. The fraction of sp³-hybridized carbons (Fsp3) is 0. The molecule has 0 spiro atoms. The number of aromatic nitrogens is 3. The predicted molar refractivity (Wildman–Crippen MR) is 67.1 cm³/mol. The van der Waals surface area contributed by atoms with Crippen LogP contribution in [0, 0.1) is 5.95 Å². The summed E-state index contributed by atoms with van der Waals surface area (Å²) in [6.07, 6.45) is 0. The molecule has 0 saturated heterocycles. The number of nitrogens with two attached hydrogens (primary N) is 1. The van der Waals surface area contributed by atoms with E-state index in [9.17, 15) is 4.39 Å². The molecule has 2 aromatic heterocycles. The van der Waals surface area contributed by atoms with Crippen LogP contribution >= 0.6 is 0 Å². The van der Waals surface area contributed by atoms with Crippen molar-refractivity contribution in [3.8, 4) is 11.5 Å². The van der Waals surface area contributed by atoms with E-state index in [1.165, 1.54) is 6.07 Å². The largest absolute Gasteiger partial charge is 0.383 e. The monoisotopic (exact) mass is 240 g/mol. The summed E-state index contributed by atoms with van der Waals surface area (Å²) >= 11 is 0. The molecule has 3 rings (SSSR count). The minimum atomic E-state index is -0.567. The van der Waals surface area contributed by atoms with Crippen molar-refractivity contribution in [1.82, 2.24) is 15.0 Å².